The topological polar surface area (TPSA) is 57.6 Å². The molecule has 1 atom stereocenters. The van der Waals surface area contributed by atoms with Crippen molar-refractivity contribution in [2.75, 3.05) is 13.1 Å². The highest BCUT2D eigenvalue weighted by atomic mass is 32.1. The van der Waals surface area contributed by atoms with Gasteiger partial charge in [-0.05, 0) is 36.6 Å². The van der Waals surface area contributed by atoms with E-state index in [0.29, 0.717) is 18.8 Å². The summed E-state index contributed by atoms with van der Waals surface area (Å²) in [5, 5.41) is 10.7. The molecule has 1 unspecified atom stereocenters. The molecule has 1 aliphatic rings. The molecule has 0 saturated carbocycles. The second kappa shape index (κ2) is 6.70. The second-order valence-corrected chi connectivity index (χ2v) is 6.04. The van der Waals surface area contributed by atoms with Gasteiger partial charge in [-0.3, -0.25) is 9.59 Å². The van der Waals surface area contributed by atoms with Gasteiger partial charge in [-0.2, -0.15) is 0 Å². The predicted molar refractivity (Wildman–Crippen MR) is 74.2 cm³/mol. The van der Waals surface area contributed by atoms with E-state index < -0.39 is 5.97 Å². The number of aliphatic carboxylic acids is 1. The number of carbonyl (C=O) groups is 2. The number of aryl methyl sites for hydroxylation is 1. The molecule has 1 aliphatic heterocycles. The monoisotopic (exact) mass is 281 g/mol. The zero-order valence-corrected chi connectivity index (χ0v) is 11.7. The number of carboxylic acid groups (broad SMARTS) is 1. The van der Waals surface area contributed by atoms with Gasteiger partial charge in [0.05, 0.1) is 0 Å². The van der Waals surface area contributed by atoms with Gasteiger partial charge in [0.2, 0.25) is 5.91 Å². The molecule has 2 rings (SSSR count). The summed E-state index contributed by atoms with van der Waals surface area (Å²) in [6.45, 7) is 1.52. The van der Waals surface area contributed by atoms with E-state index in [1.54, 1.807) is 11.3 Å². The van der Waals surface area contributed by atoms with Gasteiger partial charge in [-0.25, -0.2) is 0 Å². The number of thiophene rings is 1. The average molecular weight is 281 g/mol. The molecule has 1 amide bonds. The molecule has 0 aromatic carbocycles. The van der Waals surface area contributed by atoms with Crippen LogP contribution in [0.4, 0.5) is 0 Å². The smallest absolute Gasteiger partial charge is 0.303 e. The minimum atomic E-state index is -0.748. The number of amides is 1. The highest BCUT2D eigenvalue weighted by Gasteiger charge is 2.26. The quantitative estimate of drug-likeness (QED) is 0.871. The first-order valence-electron chi connectivity index (χ1n) is 6.67. The van der Waals surface area contributed by atoms with Crippen LogP contribution in [0, 0.1) is 5.92 Å². The van der Waals surface area contributed by atoms with Crippen LogP contribution in [0.1, 0.15) is 30.6 Å². The Morgan fingerprint density at radius 1 is 1.42 bits per heavy atom. The summed E-state index contributed by atoms with van der Waals surface area (Å²) >= 11 is 1.68. The summed E-state index contributed by atoms with van der Waals surface area (Å²) in [7, 11) is 0. The van der Waals surface area contributed by atoms with E-state index in [1.165, 1.54) is 4.88 Å². The van der Waals surface area contributed by atoms with E-state index >= 15 is 0 Å². The highest BCUT2D eigenvalue weighted by Crippen LogP contribution is 2.22. The molecule has 104 valence electrons. The standard InChI is InChI=1S/C14H19NO3S/c16-13(5-4-12-2-1-9-19-12)15-8-7-11(10-15)3-6-14(17)18/h1-2,9,11H,3-8,10H2,(H,17,18). The Morgan fingerprint density at radius 2 is 2.26 bits per heavy atom. The summed E-state index contributed by atoms with van der Waals surface area (Å²) in [5.74, 6) is -0.185. The highest BCUT2D eigenvalue weighted by molar-refractivity contribution is 7.09. The molecule has 5 heteroatoms. The average Bonchev–Trinajstić information content (AvgIpc) is 3.04. The third-order valence-corrected chi connectivity index (χ3v) is 4.51. The molecule has 1 saturated heterocycles. The van der Waals surface area contributed by atoms with Crippen LogP contribution in [0.2, 0.25) is 0 Å². The largest absolute Gasteiger partial charge is 0.481 e. The van der Waals surface area contributed by atoms with Gasteiger partial charge in [0, 0.05) is 30.8 Å². The van der Waals surface area contributed by atoms with Crippen molar-refractivity contribution >= 4 is 23.2 Å². The molecule has 4 nitrogen and oxygen atoms in total. The van der Waals surface area contributed by atoms with E-state index in [2.05, 4.69) is 6.07 Å². The summed E-state index contributed by atoms with van der Waals surface area (Å²) in [4.78, 5) is 25.7. The van der Waals surface area contributed by atoms with Gasteiger partial charge in [-0.15, -0.1) is 11.3 Å². The van der Waals surface area contributed by atoms with Crippen LogP contribution in [0.3, 0.4) is 0 Å². The number of carbonyl (C=O) groups excluding carboxylic acids is 1. The Balaban J connectivity index is 1.71. The van der Waals surface area contributed by atoms with Crippen LogP contribution < -0.4 is 0 Å². The minimum absolute atomic E-state index is 0.200. The summed E-state index contributed by atoms with van der Waals surface area (Å²) in [5.41, 5.74) is 0. The summed E-state index contributed by atoms with van der Waals surface area (Å²) in [6, 6.07) is 4.06. The molecule has 1 aromatic rings. The summed E-state index contributed by atoms with van der Waals surface area (Å²) < 4.78 is 0. The van der Waals surface area contributed by atoms with Crippen molar-refractivity contribution in [1.29, 1.82) is 0 Å². The van der Waals surface area contributed by atoms with E-state index in [-0.39, 0.29) is 12.3 Å². The fraction of sp³-hybridized carbons (Fsp3) is 0.571. The number of rotatable bonds is 6. The van der Waals surface area contributed by atoms with Crippen LogP contribution in [0.25, 0.3) is 0 Å². The van der Waals surface area contributed by atoms with Crippen LogP contribution in [0.15, 0.2) is 17.5 Å². The molecular formula is C14H19NO3S. The maximum atomic E-state index is 12.0. The van der Waals surface area contributed by atoms with Gasteiger partial charge >= 0.3 is 5.97 Å². The molecule has 0 bridgehead atoms. The maximum Gasteiger partial charge on any atom is 0.303 e. The molecule has 1 N–H and O–H groups in total. The van der Waals surface area contributed by atoms with E-state index in [4.69, 9.17) is 5.11 Å². The number of likely N-dealkylation sites (tertiary alicyclic amines) is 1. The SMILES string of the molecule is O=C(O)CCC1CCN(C(=O)CCc2cccs2)C1. The first-order valence-corrected chi connectivity index (χ1v) is 7.55. The number of nitrogens with zero attached hydrogens (tertiary/aromatic N) is 1. The Labute approximate surface area is 117 Å². The maximum absolute atomic E-state index is 12.0. The Hall–Kier alpha value is -1.36. The van der Waals surface area contributed by atoms with Crippen molar-refractivity contribution in [1.82, 2.24) is 4.90 Å². The van der Waals surface area contributed by atoms with Crippen LogP contribution >= 0.6 is 11.3 Å². The number of carboxylic acids is 1. The molecular weight excluding hydrogens is 262 g/mol. The van der Waals surface area contributed by atoms with Crippen molar-refractivity contribution < 1.29 is 14.7 Å². The molecule has 19 heavy (non-hydrogen) atoms. The lowest BCUT2D eigenvalue weighted by atomic mass is 10.0. The minimum Gasteiger partial charge on any atom is -0.481 e. The molecule has 2 heterocycles. The van der Waals surface area contributed by atoms with Gasteiger partial charge < -0.3 is 10.0 Å². The molecule has 1 aromatic heterocycles. The molecule has 0 aliphatic carbocycles. The van der Waals surface area contributed by atoms with Gasteiger partial charge in [0.15, 0.2) is 0 Å². The fourth-order valence-electron chi connectivity index (χ4n) is 2.47. The number of hydrogen-bond donors (Lipinski definition) is 1. The third kappa shape index (κ3) is 4.35. The number of hydrogen-bond acceptors (Lipinski definition) is 3. The van der Waals surface area contributed by atoms with Crippen molar-refractivity contribution in [3.63, 3.8) is 0 Å². The lowest BCUT2D eigenvalue weighted by molar-refractivity contribution is -0.137. The predicted octanol–water partition coefficient (Wildman–Crippen LogP) is 2.39. The first kappa shape index (κ1) is 14.1. The Kier molecular flexibility index (Phi) is 4.96. The van der Waals surface area contributed by atoms with Crippen molar-refractivity contribution in [3.8, 4) is 0 Å². The van der Waals surface area contributed by atoms with E-state index in [0.717, 1.165) is 25.9 Å². The fourth-order valence-corrected chi connectivity index (χ4v) is 3.17. The zero-order valence-electron chi connectivity index (χ0n) is 10.9. The van der Waals surface area contributed by atoms with Crippen LogP contribution in [0.5, 0.6) is 0 Å². The van der Waals surface area contributed by atoms with Crippen LogP contribution in [-0.2, 0) is 16.0 Å². The van der Waals surface area contributed by atoms with E-state index in [9.17, 15) is 9.59 Å². The lowest BCUT2D eigenvalue weighted by Gasteiger charge is -2.16. The summed E-state index contributed by atoms with van der Waals surface area (Å²) in [6.07, 6.45) is 3.21. The third-order valence-electron chi connectivity index (χ3n) is 3.57. The van der Waals surface area contributed by atoms with Crippen molar-refractivity contribution in [2.45, 2.75) is 32.1 Å². The van der Waals surface area contributed by atoms with Crippen molar-refractivity contribution in [3.05, 3.63) is 22.4 Å². The molecule has 1 fully saturated rings. The second-order valence-electron chi connectivity index (χ2n) is 5.01. The van der Waals surface area contributed by atoms with Crippen LogP contribution in [-0.4, -0.2) is 35.0 Å². The Morgan fingerprint density at radius 3 is 2.95 bits per heavy atom. The first-order chi connectivity index (χ1) is 9.15. The van der Waals surface area contributed by atoms with Crippen molar-refractivity contribution in [2.24, 2.45) is 5.92 Å². The van der Waals surface area contributed by atoms with Gasteiger partial charge in [0.1, 0.15) is 0 Å². The lowest BCUT2D eigenvalue weighted by Crippen LogP contribution is -2.28. The Bertz CT molecular complexity index is 430. The van der Waals surface area contributed by atoms with Gasteiger partial charge in [0.25, 0.3) is 0 Å². The molecule has 0 radical (unpaired) electrons. The zero-order chi connectivity index (χ0) is 13.7. The van der Waals surface area contributed by atoms with Gasteiger partial charge in [-0.1, -0.05) is 6.07 Å². The normalized spacial score (nSPS) is 18.7. The molecule has 0 spiro atoms. The van der Waals surface area contributed by atoms with E-state index in [1.807, 2.05) is 16.3 Å².